The van der Waals surface area contributed by atoms with E-state index in [1.807, 2.05) is 30.3 Å². The Morgan fingerprint density at radius 3 is 2.77 bits per heavy atom. The van der Waals surface area contributed by atoms with Gasteiger partial charge in [-0.25, -0.2) is 15.0 Å². The van der Waals surface area contributed by atoms with Crippen LogP contribution in [0, 0.1) is 19.3 Å². The summed E-state index contributed by atoms with van der Waals surface area (Å²) in [7, 11) is 2.20. The molecule has 1 aliphatic carbocycles. The van der Waals surface area contributed by atoms with E-state index >= 15 is 0 Å². The Bertz CT molecular complexity index is 778. The molecule has 2 fully saturated rings. The van der Waals surface area contributed by atoms with Gasteiger partial charge in [0, 0.05) is 36.4 Å². The van der Waals surface area contributed by atoms with Crippen molar-refractivity contribution in [2.75, 3.05) is 20.1 Å². The van der Waals surface area contributed by atoms with E-state index in [9.17, 15) is 4.79 Å². The Kier molecular flexibility index (Phi) is 4.52. The van der Waals surface area contributed by atoms with Crippen LogP contribution in [0.25, 0.3) is 0 Å². The average molecular weight is 372 g/mol. The Morgan fingerprint density at radius 2 is 2.12 bits per heavy atom. The van der Waals surface area contributed by atoms with Crippen LogP contribution >= 0.6 is 11.3 Å². The van der Waals surface area contributed by atoms with Crippen molar-refractivity contribution in [1.82, 2.24) is 24.8 Å². The highest BCUT2D eigenvalue weighted by Gasteiger charge is 2.56. The number of hydrogen-bond donors (Lipinski definition) is 0. The first-order valence-corrected chi connectivity index (χ1v) is 10.0. The average Bonchev–Trinajstić information content (AvgIpc) is 3.05. The molecule has 2 aromatic rings. The summed E-state index contributed by atoms with van der Waals surface area (Å²) in [5, 5.41) is 3.21. The van der Waals surface area contributed by atoms with E-state index < -0.39 is 0 Å². The Balaban J connectivity index is 1.35. The number of thiazole rings is 1. The number of likely N-dealkylation sites (tertiary alicyclic amines) is 1. The molecule has 1 spiro atoms. The predicted molar refractivity (Wildman–Crippen MR) is 101 cm³/mol. The third-order valence-electron chi connectivity index (χ3n) is 5.78. The zero-order valence-corrected chi connectivity index (χ0v) is 16.4. The van der Waals surface area contributed by atoms with Crippen LogP contribution in [0.15, 0.2) is 17.6 Å². The minimum Gasteiger partial charge on any atom is -0.337 e. The fraction of sp³-hybridized carbons (Fsp3) is 0.579. The van der Waals surface area contributed by atoms with Crippen molar-refractivity contribution in [2.24, 2.45) is 5.41 Å². The molecule has 1 saturated carbocycles. The minimum absolute atomic E-state index is 0.0433. The Hall–Kier alpha value is -1.86. The van der Waals surface area contributed by atoms with Gasteiger partial charge in [-0.1, -0.05) is 0 Å². The van der Waals surface area contributed by atoms with E-state index in [4.69, 9.17) is 0 Å². The molecule has 0 N–H and O–H groups in total. The molecule has 1 amide bonds. The smallest absolute Gasteiger partial charge is 0.272 e. The summed E-state index contributed by atoms with van der Waals surface area (Å²) in [6, 6.07) is 2.41. The van der Waals surface area contributed by atoms with Crippen LogP contribution in [0.1, 0.15) is 46.3 Å². The SMILES string of the molecule is Cc1cc(C(=O)N2CCC3(CC2)CC3N(C)Cc2nccs2)nc(C)n1. The van der Waals surface area contributed by atoms with Crippen molar-refractivity contribution < 1.29 is 4.79 Å². The van der Waals surface area contributed by atoms with Crippen LogP contribution in [0.3, 0.4) is 0 Å². The molecule has 0 bridgehead atoms. The Morgan fingerprint density at radius 1 is 1.35 bits per heavy atom. The lowest BCUT2D eigenvalue weighted by Crippen LogP contribution is -2.41. The number of aryl methyl sites for hydroxylation is 2. The molecular formula is C19H25N5OS. The fourth-order valence-electron chi connectivity index (χ4n) is 4.29. The molecule has 1 saturated heterocycles. The van der Waals surface area contributed by atoms with Crippen LogP contribution in [0.4, 0.5) is 0 Å². The summed E-state index contributed by atoms with van der Waals surface area (Å²) in [6.07, 6.45) is 5.27. The maximum absolute atomic E-state index is 12.8. The largest absolute Gasteiger partial charge is 0.337 e. The first kappa shape index (κ1) is 17.5. The standard InChI is InChI=1S/C19H25N5OS/c1-13-10-15(22-14(2)21-13)18(25)24-7-4-19(5-8-24)11-16(19)23(3)12-17-20-6-9-26-17/h6,9-10,16H,4-5,7-8,11-12H2,1-3H3. The highest BCUT2D eigenvalue weighted by molar-refractivity contribution is 7.09. The number of carbonyl (C=O) groups excluding carboxylic acids is 1. The van der Waals surface area contributed by atoms with Gasteiger partial charge in [-0.05, 0) is 51.6 Å². The highest BCUT2D eigenvalue weighted by Crippen LogP contribution is 2.56. The van der Waals surface area contributed by atoms with Crippen LogP contribution in [0.2, 0.25) is 0 Å². The van der Waals surface area contributed by atoms with Crippen molar-refractivity contribution in [3.8, 4) is 0 Å². The number of rotatable bonds is 4. The van der Waals surface area contributed by atoms with Gasteiger partial charge in [0.2, 0.25) is 0 Å². The van der Waals surface area contributed by atoms with Gasteiger partial charge in [0.15, 0.2) is 0 Å². The summed E-state index contributed by atoms with van der Waals surface area (Å²) in [5.74, 6) is 0.703. The third kappa shape index (κ3) is 3.38. The summed E-state index contributed by atoms with van der Waals surface area (Å²) in [4.78, 5) is 30.2. The summed E-state index contributed by atoms with van der Waals surface area (Å²) >= 11 is 1.72. The number of carbonyl (C=O) groups is 1. The molecule has 138 valence electrons. The molecule has 0 radical (unpaired) electrons. The van der Waals surface area contributed by atoms with Gasteiger partial charge in [0.05, 0.1) is 6.54 Å². The topological polar surface area (TPSA) is 62.2 Å². The van der Waals surface area contributed by atoms with E-state index in [0.717, 1.165) is 38.2 Å². The second-order valence-corrected chi connectivity index (χ2v) is 8.64. The fourth-order valence-corrected chi connectivity index (χ4v) is 4.96. The molecule has 4 rings (SSSR count). The number of amides is 1. The quantitative estimate of drug-likeness (QED) is 0.827. The lowest BCUT2D eigenvalue weighted by molar-refractivity contribution is 0.0651. The van der Waals surface area contributed by atoms with Gasteiger partial charge in [-0.15, -0.1) is 11.3 Å². The molecule has 6 nitrogen and oxygen atoms in total. The summed E-state index contributed by atoms with van der Waals surface area (Å²) in [6.45, 7) is 6.31. The van der Waals surface area contributed by atoms with Gasteiger partial charge in [0.1, 0.15) is 16.5 Å². The van der Waals surface area contributed by atoms with Gasteiger partial charge in [-0.2, -0.15) is 0 Å². The van der Waals surface area contributed by atoms with Crippen LogP contribution in [0.5, 0.6) is 0 Å². The first-order valence-electron chi connectivity index (χ1n) is 9.17. The highest BCUT2D eigenvalue weighted by atomic mass is 32.1. The molecular weight excluding hydrogens is 346 g/mol. The maximum atomic E-state index is 12.8. The normalized spacial score (nSPS) is 21.4. The number of nitrogens with zero attached hydrogens (tertiary/aromatic N) is 5. The summed E-state index contributed by atoms with van der Waals surface area (Å²) < 4.78 is 0. The van der Waals surface area contributed by atoms with E-state index in [1.54, 1.807) is 17.4 Å². The van der Waals surface area contributed by atoms with Gasteiger partial charge in [-0.3, -0.25) is 9.69 Å². The van der Waals surface area contributed by atoms with Crippen molar-refractivity contribution in [3.63, 3.8) is 0 Å². The molecule has 26 heavy (non-hydrogen) atoms. The van der Waals surface area contributed by atoms with Gasteiger partial charge >= 0.3 is 0 Å². The molecule has 3 heterocycles. The second-order valence-electron chi connectivity index (χ2n) is 7.66. The predicted octanol–water partition coefficient (Wildman–Crippen LogP) is 2.68. The van der Waals surface area contributed by atoms with E-state index in [2.05, 4.69) is 26.9 Å². The minimum atomic E-state index is 0.0433. The van der Waals surface area contributed by atoms with Gasteiger partial charge < -0.3 is 4.90 Å². The van der Waals surface area contributed by atoms with Gasteiger partial charge in [0.25, 0.3) is 5.91 Å². The van der Waals surface area contributed by atoms with E-state index in [1.165, 1.54) is 11.4 Å². The Labute approximate surface area is 158 Å². The van der Waals surface area contributed by atoms with Crippen LogP contribution in [-0.4, -0.2) is 56.8 Å². The summed E-state index contributed by atoms with van der Waals surface area (Å²) in [5.41, 5.74) is 1.76. The van der Waals surface area contributed by atoms with E-state index in [0.29, 0.717) is 23.0 Å². The van der Waals surface area contributed by atoms with Crippen molar-refractivity contribution >= 4 is 17.2 Å². The molecule has 1 atom stereocenters. The van der Waals surface area contributed by atoms with Crippen molar-refractivity contribution in [2.45, 2.75) is 45.7 Å². The maximum Gasteiger partial charge on any atom is 0.272 e. The number of hydrogen-bond acceptors (Lipinski definition) is 6. The third-order valence-corrected chi connectivity index (χ3v) is 6.54. The lowest BCUT2D eigenvalue weighted by Gasteiger charge is -2.34. The number of aromatic nitrogens is 3. The second kappa shape index (κ2) is 6.70. The monoisotopic (exact) mass is 371 g/mol. The molecule has 0 aromatic carbocycles. The molecule has 2 aromatic heterocycles. The van der Waals surface area contributed by atoms with Crippen molar-refractivity contribution in [1.29, 1.82) is 0 Å². The van der Waals surface area contributed by atoms with E-state index in [-0.39, 0.29) is 5.91 Å². The zero-order chi connectivity index (χ0) is 18.3. The molecule has 2 aliphatic rings. The lowest BCUT2D eigenvalue weighted by atomic mass is 9.92. The van der Waals surface area contributed by atoms with Crippen molar-refractivity contribution in [3.05, 3.63) is 39.9 Å². The van der Waals surface area contributed by atoms with Crippen LogP contribution in [-0.2, 0) is 6.54 Å². The first-order chi connectivity index (χ1) is 12.5. The zero-order valence-electron chi connectivity index (χ0n) is 15.6. The number of piperidine rings is 1. The molecule has 7 heteroatoms. The molecule has 1 aliphatic heterocycles. The van der Waals surface area contributed by atoms with Crippen LogP contribution < -0.4 is 0 Å². The molecule has 1 unspecified atom stereocenters.